The first kappa shape index (κ1) is 21.6. The fourth-order valence-corrected chi connectivity index (χ4v) is 3.24. The molecule has 2 aromatic rings. The number of hydrogen-bond acceptors (Lipinski definition) is 4. The monoisotopic (exact) mass is 432 g/mol. The lowest BCUT2D eigenvalue weighted by atomic mass is 10.2. The van der Waals surface area contributed by atoms with Gasteiger partial charge in [0, 0.05) is 38.7 Å². The van der Waals surface area contributed by atoms with Gasteiger partial charge in [0.15, 0.2) is 0 Å². The maximum absolute atomic E-state index is 13.4. The second-order valence-electron chi connectivity index (χ2n) is 6.68. The number of nitrogens with zero attached hydrogens (tertiary/aromatic N) is 3. The molecule has 2 aromatic carbocycles. The predicted octanol–water partition coefficient (Wildman–Crippen LogP) is 3.07. The summed E-state index contributed by atoms with van der Waals surface area (Å²) in [5.41, 5.74) is 0.748. The van der Waals surface area contributed by atoms with Crippen molar-refractivity contribution < 1.29 is 18.7 Å². The topological polar surface area (TPSA) is 74.2 Å². The molecule has 0 spiro atoms. The van der Waals surface area contributed by atoms with E-state index < -0.39 is 11.7 Å². The molecule has 1 N–H and O–H groups in total. The Labute approximate surface area is 179 Å². The number of benzene rings is 2. The van der Waals surface area contributed by atoms with E-state index in [1.54, 1.807) is 24.1 Å². The van der Waals surface area contributed by atoms with Crippen molar-refractivity contribution in [2.75, 3.05) is 33.3 Å². The SMILES string of the molecule is COc1ccccc1N=C(NC(=O)c1ccc(F)c(Cl)c1)N1CCN(C(C)=O)CC1. The molecule has 2 amide bonds. The van der Waals surface area contributed by atoms with Gasteiger partial charge in [-0.3, -0.25) is 14.9 Å². The number of hydrogen-bond donors (Lipinski definition) is 1. The molecule has 0 atom stereocenters. The van der Waals surface area contributed by atoms with Crippen molar-refractivity contribution in [2.45, 2.75) is 6.92 Å². The minimum atomic E-state index is -0.600. The quantitative estimate of drug-likeness (QED) is 0.597. The minimum absolute atomic E-state index is 0.00265. The molecule has 0 aromatic heterocycles. The maximum Gasteiger partial charge on any atom is 0.258 e. The Hall–Kier alpha value is -3.13. The molecule has 0 saturated carbocycles. The molecular formula is C21H22ClFN4O3. The molecule has 9 heteroatoms. The van der Waals surface area contributed by atoms with Crippen LogP contribution in [0.4, 0.5) is 10.1 Å². The minimum Gasteiger partial charge on any atom is -0.494 e. The van der Waals surface area contributed by atoms with Crippen LogP contribution in [-0.4, -0.2) is 60.9 Å². The van der Waals surface area contributed by atoms with Crippen LogP contribution in [-0.2, 0) is 4.79 Å². The highest BCUT2D eigenvalue weighted by Crippen LogP contribution is 2.27. The molecule has 3 rings (SSSR count). The zero-order chi connectivity index (χ0) is 21.7. The molecule has 30 heavy (non-hydrogen) atoms. The molecule has 0 aliphatic carbocycles. The summed E-state index contributed by atoms with van der Waals surface area (Å²) in [6.45, 7) is 3.55. The lowest BCUT2D eigenvalue weighted by molar-refractivity contribution is -0.130. The molecule has 158 valence electrons. The Bertz CT molecular complexity index is 974. The Morgan fingerprint density at radius 3 is 2.40 bits per heavy atom. The van der Waals surface area contributed by atoms with Crippen molar-refractivity contribution in [1.29, 1.82) is 0 Å². The normalized spacial score (nSPS) is 14.5. The molecule has 0 radical (unpaired) electrons. The van der Waals surface area contributed by atoms with E-state index in [0.717, 1.165) is 6.07 Å². The summed E-state index contributed by atoms with van der Waals surface area (Å²) in [7, 11) is 1.54. The van der Waals surface area contributed by atoms with E-state index in [1.807, 2.05) is 17.0 Å². The van der Waals surface area contributed by atoms with Crippen molar-refractivity contribution in [3.63, 3.8) is 0 Å². The van der Waals surface area contributed by atoms with Crippen LogP contribution < -0.4 is 10.1 Å². The largest absolute Gasteiger partial charge is 0.494 e. The van der Waals surface area contributed by atoms with Crippen LogP contribution in [0.5, 0.6) is 5.75 Å². The van der Waals surface area contributed by atoms with Crippen molar-refractivity contribution >= 4 is 35.1 Å². The summed E-state index contributed by atoms with van der Waals surface area (Å²) >= 11 is 5.81. The summed E-state index contributed by atoms with van der Waals surface area (Å²) in [6.07, 6.45) is 0. The number of ether oxygens (including phenoxy) is 1. The van der Waals surface area contributed by atoms with E-state index >= 15 is 0 Å². The van der Waals surface area contributed by atoms with Gasteiger partial charge in [-0.2, -0.15) is 0 Å². The molecule has 1 aliphatic rings. The molecular weight excluding hydrogens is 411 g/mol. The Morgan fingerprint density at radius 1 is 1.10 bits per heavy atom. The molecule has 7 nitrogen and oxygen atoms in total. The van der Waals surface area contributed by atoms with Crippen molar-refractivity contribution in [3.8, 4) is 5.75 Å². The van der Waals surface area contributed by atoms with Gasteiger partial charge in [-0.25, -0.2) is 9.38 Å². The molecule has 1 saturated heterocycles. The van der Waals surface area contributed by atoms with Crippen LogP contribution in [0.25, 0.3) is 0 Å². The number of guanidine groups is 1. The van der Waals surface area contributed by atoms with Crippen LogP contribution in [0.15, 0.2) is 47.5 Å². The zero-order valence-corrected chi connectivity index (χ0v) is 17.4. The number of methoxy groups -OCH3 is 1. The van der Waals surface area contributed by atoms with Crippen molar-refractivity contribution in [3.05, 3.63) is 58.9 Å². The van der Waals surface area contributed by atoms with Crippen LogP contribution in [0, 0.1) is 5.82 Å². The number of carbonyl (C=O) groups excluding carboxylic acids is 2. The fourth-order valence-electron chi connectivity index (χ4n) is 3.06. The van der Waals surface area contributed by atoms with Gasteiger partial charge in [-0.15, -0.1) is 0 Å². The van der Waals surface area contributed by atoms with Gasteiger partial charge in [-0.1, -0.05) is 23.7 Å². The third-order valence-electron chi connectivity index (χ3n) is 4.74. The van der Waals surface area contributed by atoms with Crippen molar-refractivity contribution in [1.82, 2.24) is 15.1 Å². The standard InChI is InChI=1S/C21H22ClFN4O3/c1-14(28)26-9-11-27(12-10-26)21(24-18-5-3-4-6-19(18)30-2)25-20(29)15-7-8-17(23)16(22)13-15/h3-8,13H,9-12H2,1-2H3,(H,24,25,29). The van der Waals surface area contributed by atoms with Gasteiger partial charge in [0.2, 0.25) is 11.9 Å². The van der Waals surface area contributed by atoms with Crippen LogP contribution in [0.3, 0.4) is 0 Å². The highest BCUT2D eigenvalue weighted by Gasteiger charge is 2.23. The van der Waals surface area contributed by atoms with Crippen LogP contribution in [0.2, 0.25) is 5.02 Å². The summed E-state index contributed by atoms with van der Waals surface area (Å²) < 4.78 is 18.8. The highest BCUT2D eigenvalue weighted by atomic mass is 35.5. The summed E-state index contributed by atoms with van der Waals surface area (Å²) in [5.74, 6) is -0.205. The predicted molar refractivity (Wildman–Crippen MR) is 113 cm³/mol. The Morgan fingerprint density at radius 2 is 1.77 bits per heavy atom. The first-order valence-electron chi connectivity index (χ1n) is 9.37. The number of carbonyl (C=O) groups is 2. The van der Waals surface area contributed by atoms with E-state index in [9.17, 15) is 14.0 Å². The van der Waals surface area contributed by atoms with Crippen LogP contribution in [0.1, 0.15) is 17.3 Å². The van der Waals surface area contributed by atoms with E-state index in [4.69, 9.17) is 16.3 Å². The average molecular weight is 433 g/mol. The Kier molecular flexibility index (Phi) is 6.89. The Balaban J connectivity index is 1.89. The van der Waals surface area contributed by atoms with Gasteiger partial charge in [0.1, 0.15) is 17.3 Å². The number of aliphatic imine (C=N–C) groups is 1. The molecule has 1 fully saturated rings. The summed E-state index contributed by atoms with van der Waals surface area (Å²) in [6, 6.07) is 10.9. The average Bonchev–Trinajstić information content (AvgIpc) is 2.75. The van der Waals surface area contributed by atoms with E-state index in [2.05, 4.69) is 10.3 Å². The summed E-state index contributed by atoms with van der Waals surface area (Å²) in [4.78, 5) is 32.6. The van der Waals surface area contributed by atoms with Crippen molar-refractivity contribution in [2.24, 2.45) is 4.99 Å². The molecule has 0 unspecified atom stereocenters. The first-order chi connectivity index (χ1) is 14.4. The lowest BCUT2D eigenvalue weighted by Crippen LogP contribution is -2.54. The van der Waals surface area contributed by atoms with Gasteiger partial charge in [-0.05, 0) is 30.3 Å². The van der Waals surface area contributed by atoms with Gasteiger partial charge < -0.3 is 14.5 Å². The number of piperazine rings is 1. The number of amides is 2. The van der Waals surface area contributed by atoms with E-state index in [-0.39, 0.29) is 16.5 Å². The van der Waals surface area contributed by atoms with Gasteiger partial charge in [0.25, 0.3) is 5.91 Å². The number of halogens is 2. The molecule has 1 aliphatic heterocycles. The number of para-hydroxylation sites is 2. The van der Waals surface area contributed by atoms with Crippen LogP contribution >= 0.6 is 11.6 Å². The number of rotatable bonds is 3. The number of nitrogens with one attached hydrogen (secondary N) is 1. The second-order valence-corrected chi connectivity index (χ2v) is 7.09. The summed E-state index contributed by atoms with van der Waals surface area (Å²) in [5, 5.41) is 2.65. The smallest absolute Gasteiger partial charge is 0.258 e. The third kappa shape index (κ3) is 5.07. The lowest BCUT2D eigenvalue weighted by Gasteiger charge is -2.35. The van der Waals surface area contributed by atoms with E-state index in [1.165, 1.54) is 19.1 Å². The highest BCUT2D eigenvalue weighted by molar-refractivity contribution is 6.31. The first-order valence-corrected chi connectivity index (χ1v) is 9.75. The zero-order valence-electron chi connectivity index (χ0n) is 16.7. The van der Waals surface area contributed by atoms with Gasteiger partial charge in [0.05, 0.1) is 12.1 Å². The fraction of sp³-hybridized carbons (Fsp3) is 0.286. The maximum atomic E-state index is 13.4. The second kappa shape index (κ2) is 9.58. The van der Waals surface area contributed by atoms with E-state index in [0.29, 0.717) is 43.6 Å². The third-order valence-corrected chi connectivity index (χ3v) is 5.03. The molecule has 1 heterocycles. The van der Waals surface area contributed by atoms with Gasteiger partial charge >= 0.3 is 0 Å². The molecule has 0 bridgehead atoms.